The second kappa shape index (κ2) is 6.17. The van der Waals surface area contributed by atoms with Gasteiger partial charge < -0.3 is 11.1 Å². The molecule has 0 saturated carbocycles. The molecule has 4 heteroatoms. The second-order valence-electron chi connectivity index (χ2n) is 4.59. The minimum absolute atomic E-state index is 0.196. The summed E-state index contributed by atoms with van der Waals surface area (Å²) in [5.41, 5.74) is 7.68. The van der Waals surface area contributed by atoms with Gasteiger partial charge >= 0.3 is 0 Å². The first-order valence-corrected chi connectivity index (χ1v) is 6.49. The maximum absolute atomic E-state index is 11.2. The van der Waals surface area contributed by atoms with E-state index in [9.17, 15) is 4.79 Å². The van der Waals surface area contributed by atoms with Crippen molar-refractivity contribution in [1.82, 2.24) is 5.32 Å². The molecule has 0 bridgehead atoms. The lowest BCUT2D eigenvalue weighted by atomic mass is 10.0. The summed E-state index contributed by atoms with van der Waals surface area (Å²) in [6.07, 6.45) is 0. The molecule has 1 amide bonds. The number of hydrogen-bond donors (Lipinski definition) is 2. The van der Waals surface area contributed by atoms with E-state index in [0.717, 1.165) is 10.0 Å². The Morgan fingerprint density at radius 2 is 2.12 bits per heavy atom. The molecule has 1 aromatic rings. The van der Waals surface area contributed by atoms with Crippen molar-refractivity contribution in [2.24, 2.45) is 11.7 Å². The van der Waals surface area contributed by atoms with Crippen molar-refractivity contribution < 1.29 is 4.79 Å². The van der Waals surface area contributed by atoms with E-state index in [1.165, 1.54) is 5.56 Å². The van der Waals surface area contributed by atoms with Crippen LogP contribution in [0.2, 0.25) is 0 Å². The molecule has 0 aliphatic carbocycles. The highest BCUT2D eigenvalue weighted by atomic mass is 79.9. The van der Waals surface area contributed by atoms with Gasteiger partial charge in [0.05, 0.1) is 6.04 Å². The zero-order valence-electron chi connectivity index (χ0n) is 10.5. The summed E-state index contributed by atoms with van der Waals surface area (Å²) in [4.78, 5) is 11.2. The first-order valence-electron chi connectivity index (χ1n) is 5.69. The normalized spacial score (nSPS) is 12.8. The molecule has 0 heterocycles. The molecule has 3 N–H and O–H groups in total. The number of halogens is 1. The fourth-order valence-electron chi connectivity index (χ4n) is 1.64. The van der Waals surface area contributed by atoms with Gasteiger partial charge in [0, 0.05) is 11.0 Å². The molecular weight excluding hydrogens is 280 g/mol. The standard InChI is InChI=1S/C13H19BrN2O/c1-8(2)12(13(15)17)16-7-10-5-4-9(3)11(14)6-10/h4-6,8,12,16H,7H2,1-3H3,(H2,15,17). The predicted molar refractivity (Wildman–Crippen MR) is 73.5 cm³/mol. The van der Waals surface area contributed by atoms with Crippen LogP contribution in [0.5, 0.6) is 0 Å². The molecule has 0 aromatic heterocycles. The third-order valence-corrected chi connectivity index (χ3v) is 3.59. The summed E-state index contributed by atoms with van der Waals surface area (Å²) >= 11 is 3.49. The van der Waals surface area contributed by atoms with Crippen LogP contribution in [0.3, 0.4) is 0 Å². The Morgan fingerprint density at radius 1 is 1.47 bits per heavy atom. The van der Waals surface area contributed by atoms with Gasteiger partial charge in [0.25, 0.3) is 0 Å². The maximum atomic E-state index is 11.2. The van der Waals surface area contributed by atoms with Crippen LogP contribution in [0.4, 0.5) is 0 Å². The summed E-state index contributed by atoms with van der Waals surface area (Å²) in [6.45, 7) is 6.65. The molecule has 1 rings (SSSR count). The number of aryl methyl sites for hydroxylation is 1. The van der Waals surface area contributed by atoms with E-state index in [2.05, 4.69) is 33.4 Å². The van der Waals surface area contributed by atoms with Crippen LogP contribution in [0.25, 0.3) is 0 Å². The average Bonchev–Trinajstić information content (AvgIpc) is 2.22. The quantitative estimate of drug-likeness (QED) is 0.877. The molecule has 0 fully saturated rings. The third-order valence-electron chi connectivity index (χ3n) is 2.74. The number of nitrogens with two attached hydrogens (primary N) is 1. The number of primary amides is 1. The van der Waals surface area contributed by atoms with Crippen molar-refractivity contribution in [3.63, 3.8) is 0 Å². The van der Waals surface area contributed by atoms with Gasteiger partial charge in [-0.05, 0) is 30.0 Å². The molecule has 3 nitrogen and oxygen atoms in total. The molecule has 0 radical (unpaired) electrons. The topological polar surface area (TPSA) is 55.1 Å². The molecule has 1 unspecified atom stereocenters. The molecule has 17 heavy (non-hydrogen) atoms. The van der Waals surface area contributed by atoms with Gasteiger partial charge in [-0.25, -0.2) is 0 Å². The molecule has 0 saturated heterocycles. The van der Waals surface area contributed by atoms with E-state index in [0.29, 0.717) is 6.54 Å². The Hall–Kier alpha value is -0.870. The predicted octanol–water partition coefficient (Wildman–Crippen LogP) is 2.36. The summed E-state index contributed by atoms with van der Waals surface area (Å²) in [5, 5.41) is 3.19. The highest BCUT2D eigenvalue weighted by Crippen LogP contribution is 2.17. The minimum atomic E-state index is -0.300. The average molecular weight is 299 g/mol. The lowest BCUT2D eigenvalue weighted by Gasteiger charge is -2.19. The molecule has 94 valence electrons. The van der Waals surface area contributed by atoms with Crippen molar-refractivity contribution in [1.29, 1.82) is 0 Å². The Balaban J connectivity index is 2.65. The van der Waals surface area contributed by atoms with Gasteiger partial charge in [0.1, 0.15) is 0 Å². The van der Waals surface area contributed by atoms with Crippen molar-refractivity contribution in [2.45, 2.75) is 33.4 Å². The van der Waals surface area contributed by atoms with Crippen molar-refractivity contribution in [3.05, 3.63) is 33.8 Å². The van der Waals surface area contributed by atoms with Crippen LogP contribution in [0.1, 0.15) is 25.0 Å². The number of rotatable bonds is 5. The summed E-state index contributed by atoms with van der Waals surface area (Å²) in [6, 6.07) is 5.87. The van der Waals surface area contributed by atoms with Crippen LogP contribution < -0.4 is 11.1 Å². The summed E-state index contributed by atoms with van der Waals surface area (Å²) in [5.74, 6) is -0.104. The lowest BCUT2D eigenvalue weighted by Crippen LogP contribution is -2.44. The zero-order chi connectivity index (χ0) is 13.0. The van der Waals surface area contributed by atoms with Crippen molar-refractivity contribution >= 4 is 21.8 Å². The third kappa shape index (κ3) is 4.13. The highest BCUT2D eigenvalue weighted by molar-refractivity contribution is 9.10. The van der Waals surface area contributed by atoms with E-state index in [4.69, 9.17) is 5.73 Å². The van der Waals surface area contributed by atoms with Gasteiger partial charge in [-0.15, -0.1) is 0 Å². The van der Waals surface area contributed by atoms with Gasteiger partial charge in [-0.2, -0.15) is 0 Å². The Morgan fingerprint density at radius 3 is 2.59 bits per heavy atom. The van der Waals surface area contributed by atoms with Crippen LogP contribution in [-0.2, 0) is 11.3 Å². The molecule has 1 aromatic carbocycles. The number of nitrogens with one attached hydrogen (secondary N) is 1. The molecule has 1 atom stereocenters. The van der Waals surface area contributed by atoms with E-state index in [1.54, 1.807) is 0 Å². The van der Waals surface area contributed by atoms with E-state index >= 15 is 0 Å². The summed E-state index contributed by atoms with van der Waals surface area (Å²) < 4.78 is 1.08. The number of hydrogen-bond acceptors (Lipinski definition) is 2. The highest BCUT2D eigenvalue weighted by Gasteiger charge is 2.18. The van der Waals surface area contributed by atoms with Crippen LogP contribution in [-0.4, -0.2) is 11.9 Å². The van der Waals surface area contributed by atoms with Crippen LogP contribution in [0, 0.1) is 12.8 Å². The molecular formula is C13H19BrN2O. The molecule has 0 aliphatic heterocycles. The number of carbonyl (C=O) groups excluding carboxylic acids is 1. The number of carbonyl (C=O) groups is 1. The van der Waals surface area contributed by atoms with Gasteiger partial charge in [0.2, 0.25) is 5.91 Å². The Kier molecular flexibility index (Phi) is 5.15. The first kappa shape index (κ1) is 14.2. The fourth-order valence-corrected chi connectivity index (χ4v) is 2.07. The van der Waals surface area contributed by atoms with Crippen LogP contribution in [0.15, 0.2) is 22.7 Å². The van der Waals surface area contributed by atoms with E-state index in [-0.39, 0.29) is 17.9 Å². The monoisotopic (exact) mass is 298 g/mol. The Bertz CT molecular complexity index is 404. The van der Waals surface area contributed by atoms with E-state index < -0.39 is 0 Å². The van der Waals surface area contributed by atoms with Gasteiger partial charge in [-0.3, -0.25) is 4.79 Å². The largest absolute Gasteiger partial charge is 0.368 e. The number of benzene rings is 1. The van der Waals surface area contributed by atoms with Crippen molar-refractivity contribution in [3.8, 4) is 0 Å². The maximum Gasteiger partial charge on any atom is 0.234 e. The van der Waals surface area contributed by atoms with Crippen molar-refractivity contribution in [2.75, 3.05) is 0 Å². The summed E-state index contributed by atoms with van der Waals surface area (Å²) in [7, 11) is 0. The SMILES string of the molecule is Cc1ccc(CNC(C(N)=O)C(C)C)cc1Br. The fraction of sp³-hybridized carbons (Fsp3) is 0.462. The molecule has 0 spiro atoms. The van der Waals surface area contributed by atoms with Gasteiger partial charge in [0.15, 0.2) is 0 Å². The zero-order valence-corrected chi connectivity index (χ0v) is 12.0. The van der Waals surface area contributed by atoms with Gasteiger partial charge in [-0.1, -0.05) is 41.9 Å². The lowest BCUT2D eigenvalue weighted by molar-refractivity contribution is -0.121. The minimum Gasteiger partial charge on any atom is -0.368 e. The Labute approximate surface area is 111 Å². The molecule has 0 aliphatic rings. The van der Waals surface area contributed by atoms with Crippen LogP contribution >= 0.6 is 15.9 Å². The smallest absolute Gasteiger partial charge is 0.234 e. The van der Waals surface area contributed by atoms with E-state index in [1.807, 2.05) is 26.8 Å². The first-order chi connectivity index (χ1) is 7.91. The number of amides is 1. The second-order valence-corrected chi connectivity index (χ2v) is 5.44.